The Morgan fingerprint density at radius 2 is 2.29 bits per heavy atom. The molecule has 0 aliphatic carbocycles. The van der Waals surface area contributed by atoms with Crippen molar-refractivity contribution in [1.29, 1.82) is 0 Å². The van der Waals surface area contributed by atoms with E-state index in [2.05, 4.69) is 14.9 Å². The fourth-order valence-electron chi connectivity index (χ4n) is 0.290. The molecule has 0 bridgehead atoms. The highest BCUT2D eigenvalue weighted by molar-refractivity contribution is 4.76. The number of H-pyrrole nitrogens is 2. The van der Waals surface area contributed by atoms with E-state index in [1.165, 1.54) is 6.26 Å². The topological polar surface area (TPSA) is 44.7 Å². The quantitative estimate of drug-likeness (QED) is 0.500. The second-order valence-electron chi connectivity index (χ2n) is 1.05. The molecule has 1 aromatic heterocycles. The van der Waals surface area contributed by atoms with Crippen LogP contribution < -0.4 is 0 Å². The van der Waals surface area contributed by atoms with Gasteiger partial charge in [-0.15, -0.1) is 0 Å². The van der Waals surface area contributed by atoms with E-state index >= 15 is 0 Å². The van der Waals surface area contributed by atoms with E-state index in [0.29, 0.717) is 0 Å². The molecule has 0 aromatic carbocycles. The van der Waals surface area contributed by atoms with Crippen molar-refractivity contribution in [3.8, 4) is 0 Å². The number of hydrogen-bond acceptors (Lipinski definition) is 1. The van der Waals surface area contributed by atoms with Crippen LogP contribution in [0.2, 0.25) is 0 Å². The number of nitrogens with one attached hydrogen (secondary N) is 2. The van der Waals surface area contributed by atoms with Gasteiger partial charge in [0.1, 0.15) is 6.26 Å². The predicted octanol–water partition coefficient (Wildman–Crippen LogP) is 1.06. The zero-order chi connectivity index (χ0) is 4.95. The third-order valence-electron chi connectivity index (χ3n) is 0.555. The molecule has 1 rings (SSSR count). The van der Waals surface area contributed by atoms with Crippen molar-refractivity contribution in [2.75, 3.05) is 0 Å². The van der Waals surface area contributed by atoms with Gasteiger partial charge in [0, 0.05) is 6.20 Å². The summed E-state index contributed by atoms with van der Waals surface area (Å²) in [5, 5.41) is 5.06. The van der Waals surface area contributed by atoms with E-state index in [9.17, 15) is 0 Å². The molecule has 0 saturated heterocycles. The smallest absolute Gasteiger partial charge is 0.121 e. The normalized spacial score (nSPS) is 8.00. The molecule has 0 atom stereocenters. The molecule has 0 aliphatic rings. The van der Waals surface area contributed by atoms with Crippen LogP contribution in [-0.4, -0.2) is 10.4 Å². The molecule has 7 heavy (non-hydrogen) atoms. The van der Waals surface area contributed by atoms with Crippen LogP contribution in [0.3, 0.4) is 0 Å². The van der Waals surface area contributed by atoms with Gasteiger partial charge in [0.15, 0.2) is 0 Å². The van der Waals surface area contributed by atoms with E-state index in [-0.39, 0.29) is 0 Å². The SMILES string of the molecule is c1cco[nH][nH]c1. The molecule has 0 unspecified atom stereocenters. The highest BCUT2D eigenvalue weighted by atomic mass is 16.5. The lowest BCUT2D eigenvalue weighted by Gasteiger charge is -1.67. The molecule has 0 radical (unpaired) electrons. The molecule has 2 N–H and O–H groups in total. The molecule has 1 heterocycles. The highest BCUT2D eigenvalue weighted by Crippen LogP contribution is 1.70. The van der Waals surface area contributed by atoms with Gasteiger partial charge in [0.2, 0.25) is 0 Å². The van der Waals surface area contributed by atoms with Gasteiger partial charge in [0.05, 0.1) is 0 Å². The molecule has 3 heteroatoms. The maximum atomic E-state index is 4.59. The molecule has 0 aliphatic heterocycles. The maximum Gasteiger partial charge on any atom is 0.121 e. The lowest BCUT2D eigenvalue weighted by molar-refractivity contribution is 0.369. The standard InChI is InChI=1S/C4H6N2O/c1-2-4-7-6-5-3-1/h1-6H. The highest BCUT2D eigenvalue weighted by Gasteiger charge is 1.55. The van der Waals surface area contributed by atoms with E-state index in [1.54, 1.807) is 12.3 Å². The Morgan fingerprint density at radius 1 is 1.29 bits per heavy atom. The van der Waals surface area contributed by atoms with Gasteiger partial charge in [-0.3, -0.25) is 5.10 Å². The van der Waals surface area contributed by atoms with Crippen LogP contribution in [0.5, 0.6) is 0 Å². The Balaban J connectivity index is 3.06. The average molecular weight is 98.1 g/mol. The Bertz CT molecular complexity index is 97.7. The summed E-state index contributed by atoms with van der Waals surface area (Å²) in [5.41, 5.74) is 0. The van der Waals surface area contributed by atoms with E-state index in [4.69, 9.17) is 0 Å². The van der Waals surface area contributed by atoms with E-state index in [0.717, 1.165) is 0 Å². The molecule has 1 aromatic rings. The van der Waals surface area contributed by atoms with Crippen molar-refractivity contribution in [1.82, 2.24) is 10.4 Å². The van der Waals surface area contributed by atoms with Crippen molar-refractivity contribution in [2.45, 2.75) is 0 Å². The van der Waals surface area contributed by atoms with Gasteiger partial charge < -0.3 is 4.52 Å². The molecule has 0 fully saturated rings. The Labute approximate surface area is 40.6 Å². The summed E-state index contributed by atoms with van der Waals surface area (Å²) in [6.07, 6.45) is 3.26. The van der Waals surface area contributed by atoms with Crippen LogP contribution in [0, 0.1) is 0 Å². The Kier molecular flexibility index (Phi) is 1.23. The summed E-state index contributed by atoms with van der Waals surface area (Å²) < 4.78 is 4.59. The minimum atomic E-state index is 1.54. The maximum absolute atomic E-state index is 4.59. The third kappa shape index (κ3) is 1.17. The monoisotopic (exact) mass is 98.0 g/mol. The van der Waals surface area contributed by atoms with Crippen LogP contribution in [0.1, 0.15) is 0 Å². The Hall–Kier alpha value is -1.12. The zero-order valence-corrected chi connectivity index (χ0v) is 3.72. The first-order valence-corrected chi connectivity index (χ1v) is 1.98. The first kappa shape index (κ1) is 4.05. The average Bonchev–Trinajstić information content (AvgIpc) is 1.90. The molecule has 0 saturated carbocycles. The summed E-state index contributed by atoms with van der Waals surface area (Å²) in [6.45, 7) is 0. The van der Waals surface area contributed by atoms with Crippen LogP contribution >= 0.6 is 0 Å². The van der Waals surface area contributed by atoms with Crippen molar-refractivity contribution in [3.05, 3.63) is 24.6 Å². The summed E-state index contributed by atoms with van der Waals surface area (Å²) in [7, 11) is 0. The first-order chi connectivity index (χ1) is 3.50. The van der Waals surface area contributed by atoms with Gasteiger partial charge in [0.25, 0.3) is 0 Å². The van der Waals surface area contributed by atoms with Crippen LogP contribution in [0.4, 0.5) is 0 Å². The summed E-state index contributed by atoms with van der Waals surface area (Å²) in [4.78, 5) is 0. The molecule has 0 amide bonds. The number of hydrogen-bond donors (Lipinski definition) is 2. The molecule has 3 nitrogen and oxygen atoms in total. The number of aromatic nitrogens is 2. The van der Waals surface area contributed by atoms with Crippen molar-refractivity contribution >= 4 is 0 Å². The predicted molar refractivity (Wildman–Crippen MR) is 25.0 cm³/mol. The fourth-order valence-corrected chi connectivity index (χ4v) is 0.290. The largest absolute Gasteiger partial charge is 0.375 e. The second kappa shape index (κ2) is 2.12. The van der Waals surface area contributed by atoms with Crippen LogP contribution in [0.25, 0.3) is 0 Å². The zero-order valence-electron chi connectivity index (χ0n) is 3.72. The third-order valence-corrected chi connectivity index (χ3v) is 0.555. The molecule has 38 valence electrons. The fraction of sp³-hybridized carbons (Fsp3) is 0. The van der Waals surface area contributed by atoms with Gasteiger partial charge in [-0.2, -0.15) is 5.27 Å². The van der Waals surface area contributed by atoms with E-state index in [1.807, 2.05) is 6.07 Å². The summed E-state index contributed by atoms with van der Waals surface area (Å²) in [5.74, 6) is 0. The van der Waals surface area contributed by atoms with Gasteiger partial charge in [-0.25, -0.2) is 0 Å². The van der Waals surface area contributed by atoms with Crippen molar-refractivity contribution in [3.63, 3.8) is 0 Å². The van der Waals surface area contributed by atoms with Crippen molar-refractivity contribution in [2.24, 2.45) is 0 Å². The van der Waals surface area contributed by atoms with E-state index < -0.39 is 0 Å². The van der Waals surface area contributed by atoms with Gasteiger partial charge in [-0.1, -0.05) is 0 Å². The van der Waals surface area contributed by atoms with Crippen molar-refractivity contribution < 1.29 is 4.52 Å². The second-order valence-corrected chi connectivity index (χ2v) is 1.05. The summed E-state index contributed by atoms with van der Waals surface area (Å²) in [6, 6.07) is 3.59. The Morgan fingerprint density at radius 3 is 3.29 bits per heavy atom. The van der Waals surface area contributed by atoms with Gasteiger partial charge >= 0.3 is 0 Å². The minimum absolute atomic E-state index is 1.54. The minimum Gasteiger partial charge on any atom is -0.375 e. The lowest BCUT2D eigenvalue weighted by atomic mass is 10.6. The van der Waals surface area contributed by atoms with Crippen LogP contribution in [0.15, 0.2) is 29.1 Å². The lowest BCUT2D eigenvalue weighted by Crippen LogP contribution is -1.62. The molecule has 0 spiro atoms. The number of rotatable bonds is 0. The molecular weight excluding hydrogens is 92.1 g/mol. The van der Waals surface area contributed by atoms with Gasteiger partial charge in [-0.05, 0) is 12.1 Å². The number of aromatic amines is 2. The first-order valence-electron chi connectivity index (χ1n) is 1.98. The molecular formula is C4H6N2O. The summed E-state index contributed by atoms with van der Waals surface area (Å²) >= 11 is 0. The van der Waals surface area contributed by atoms with Crippen LogP contribution in [-0.2, 0) is 0 Å².